The molecule has 3 N–H and O–H groups in total. The van der Waals surface area contributed by atoms with Crippen LogP contribution in [0.4, 0.5) is 0 Å². The number of likely N-dealkylation sites (tertiary alicyclic amines) is 1. The number of hydrogen-bond donors (Lipinski definition) is 2. The van der Waals surface area contributed by atoms with E-state index in [1.807, 2.05) is 6.92 Å². The zero-order valence-corrected chi connectivity index (χ0v) is 14.0. The number of aliphatic imine (C=N–C) groups is 1. The van der Waals surface area contributed by atoms with Gasteiger partial charge in [-0.3, -0.25) is 14.6 Å². The molecule has 1 rings (SSSR count). The molecule has 0 spiro atoms. The highest BCUT2D eigenvalue weighted by Crippen LogP contribution is 2.19. The number of ether oxygens (including phenoxy) is 1. The first-order chi connectivity index (χ1) is 10.3. The third kappa shape index (κ3) is 4.89. The molecule has 7 heteroatoms. The molecule has 126 valence electrons. The molecule has 0 radical (unpaired) electrons. The fraction of sp³-hybridized carbons (Fsp3) is 0.800. The van der Waals surface area contributed by atoms with Gasteiger partial charge in [-0.1, -0.05) is 0 Å². The molecule has 1 fully saturated rings. The number of esters is 1. The fourth-order valence-corrected chi connectivity index (χ4v) is 2.27. The van der Waals surface area contributed by atoms with Gasteiger partial charge in [0.2, 0.25) is 5.91 Å². The second-order valence-electron chi connectivity index (χ2n) is 6.20. The maximum absolute atomic E-state index is 11.6. The number of guanidine groups is 1. The van der Waals surface area contributed by atoms with Crippen molar-refractivity contribution >= 4 is 17.8 Å². The van der Waals surface area contributed by atoms with Crippen molar-refractivity contribution in [1.82, 2.24) is 10.2 Å². The molecule has 1 amide bonds. The number of carbonyl (C=O) groups excluding carboxylic acids is 2. The van der Waals surface area contributed by atoms with Crippen LogP contribution in [0.15, 0.2) is 4.99 Å². The Labute approximate surface area is 132 Å². The zero-order valence-electron chi connectivity index (χ0n) is 14.0. The first-order valence-corrected chi connectivity index (χ1v) is 7.72. The Balaban J connectivity index is 2.69. The zero-order chi connectivity index (χ0) is 16.8. The van der Waals surface area contributed by atoms with Gasteiger partial charge in [-0.2, -0.15) is 0 Å². The monoisotopic (exact) mass is 312 g/mol. The Morgan fingerprint density at radius 2 is 1.95 bits per heavy atom. The predicted octanol–water partition coefficient (Wildman–Crippen LogP) is 0.348. The lowest BCUT2D eigenvalue weighted by Gasteiger charge is -2.33. The van der Waals surface area contributed by atoms with Gasteiger partial charge in [0.15, 0.2) is 5.96 Å². The van der Waals surface area contributed by atoms with Gasteiger partial charge in [-0.05, 0) is 33.6 Å². The maximum Gasteiger partial charge on any atom is 0.308 e. The molecule has 1 saturated heterocycles. The van der Waals surface area contributed by atoms with Gasteiger partial charge >= 0.3 is 5.97 Å². The SMILES string of the molecule is CCNC(=NCC(C)(C)C(N)=O)N1CCC(C(=O)OC)CC1. The topological polar surface area (TPSA) is 97.0 Å². The Bertz CT molecular complexity index is 427. The summed E-state index contributed by atoms with van der Waals surface area (Å²) >= 11 is 0. The van der Waals surface area contributed by atoms with Gasteiger partial charge in [0.1, 0.15) is 0 Å². The minimum absolute atomic E-state index is 0.0359. The van der Waals surface area contributed by atoms with Crippen molar-refractivity contribution < 1.29 is 14.3 Å². The average Bonchev–Trinajstić information content (AvgIpc) is 2.50. The average molecular weight is 312 g/mol. The summed E-state index contributed by atoms with van der Waals surface area (Å²) in [6, 6.07) is 0. The summed E-state index contributed by atoms with van der Waals surface area (Å²) in [6.07, 6.45) is 1.49. The van der Waals surface area contributed by atoms with E-state index in [2.05, 4.69) is 15.2 Å². The number of primary amides is 1. The molecule has 1 aliphatic rings. The Kier molecular flexibility index (Phi) is 6.64. The lowest BCUT2D eigenvalue weighted by atomic mass is 9.93. The van der Waals surface area contributed by atoms with E-state index in [-0.39, 0.29) is 17.8 Å². The first kappa shape index (κ1) is 18.3. The van der Waals surface area contributed by atoms with E-state index < -0.39 is 5.41 Å². The van der Waals surface area contributed by atoms with Gasteiger partial charge in [0.25, 0.3) is 0 Å². The van der Waals surface area contributed by atoms with Crippen molar-refractivity contribution in [2.24, 2.45) is 22.1 Å². The molecule has 1 aliphatic heterocycles. The largest absolute Gasteiger partial charge is 0.469 e. The van der Waals surface area contributed by atoms with E-state index >= 15 is 0 Å². The second-order valence-corrected chi connectivity index (χ2v) is 6.20. The summed E-state index contributed by atoms with van der Waals surface area (Å²) in [4.78, 5) is 29.6. The molecular formula is C15H28N4O3. The van der Waals surface area contributed by atoms with Gasteiger partial charge in [-0.15, -0.1) is 0 Å². The number of rotatable bonds is 5. The van der Waals surface area contributed by atoms with Crippen LogP contribution in [0.2, 0.25) is 0 Å². The molecule has 22 heavy (non-hydrogen) atoms. The van der Waals surface area contributed by atoms with Crippen molar-refractivity contribution in [2.45, 2.75) is 33.6 Å². The van der Waals surface area contributed by atoms with Crippen LogP contribution in [0.25, 0.3) is 0 Å². The van der Waals surface area contributed by atoms with Crippen LogP contribution in [0, 0.1) is 11.3 Å². The minimum atomic E-state index is -0.676. The van der Waals surface area contributed by atoms with Crippen LogP contribution in [-0.4, -0.2) is 56.0 Å². The molecule has 0 bridgehead atoms. The third-order valence-corrected chi connectivity index (χ3v) is 3.96. The van der Waals surface area contributed by atoms with Crippen molar-refractivity contribution in [3.63, 3.8) is 0 Å². The summed E-state index contributed by atoms with van der Waals surface area (Å²) in [7, 11) is 1.42. The van der Waals surface area contributed by atoms with Crippen molar-refractivity contribution in [1.29, 1.82) is 0 Å². The number of hydrogen-bond acceptors (Lipinski definition) is 4. The van der Waals surface area contributed by atoms with E-state index in [0.29, 0.717) is 6.54 Å². The highest BCUT2D eigenvalue weighted by atomic mass is 16.5. The summed E-state index contributed by atoms with van der Waals surface area (Å²) in [5, 5.41) is 3.23. The highest BCUT2D eigenvalue weighted by molar-refractivity contribution is 5.83. The smallest absolute Gasteiger partial charge is 0.308 e. The van der Waals surface area contributed by atoms with E-state index in [1.165, 1.54) is 7.11 Å². The molecule has 1 heterocycles. The van der Waals surface area contributed by atoms with E-state index in [0.717, 1.165) is 38.4 Å². The van der Waals surface area contributed by atoms with Crippen molar-refractivity contribution in [2.75, 3.05) is 33.3 Å². The Hall–Kier alpha value is -1.79. The predicted molar refractivity (Wildman–Crippen MR) is 85.3 cm³/mol. The molecule has 0 aromatic rings. The number of nitrogens with one attached hydrogen (secondary N) is 1. The van der Waals surface area contributed by atoms with Gasteiger partial charge in [0.05, 0.1) is 25.0 Å². The minimum Gasteiger partial charge on any atom is -0.469 e. The van der Waals surface area contributed by atoms with E-state index in [9.17, 15) is 9.59 Å². The molecule has 0 aliphatic carbocycles. The van der Waals surface area contributed by atoms with Crippen molar-refractivity contribution in [3.8, 4) is 0 Å². The molecule has 7 nitrogen and oxygen atoms in total. The number of piperidine rings is 1. The third-order valence-electron chi connectivity index (χ3n) is 3.96. The van der Waals surface area contributed by atoms with Crippen LogP contribution < -0.4 is 11.1 Å². The van der Waals surface area contributed by atoms with Crippen LogP contribution in [0.5, 0.6) is 0 Å². The van der Waals surface area contributed by atoms with Crippen LogP contribution in [-0.2, 0) is 14.3 Å². The molecule has 0 aromatic heterocycles. The summed E-state index contributed by atoms with van der Waals surface area (Å²) in [5.41, 5.74) is 4.71. The normalized spacial score (nSPS) is 17.3. The molecule has 0 saturated carbocycles. The summed E-state index contributed by atoms with van der Waals surface area (Å²) < 4.78 is 4.80. The molecule has 0 unspecified atom stereocenters. The van der Waals surface area contributed by atoms with Crippen LogP contribution >= 0.6 is 0 Å². The summed E-state index contributed by atoms with van der Waals surface area (Å²) in [5.74, 6) is 0.222. The number of nitrogens with two attached hydrogens (primary N) is 1. The summed E-state index contributed by atoms with van der Waals surface area (Å²) in [6.45, 7) is 8.12. The Morgan fingerprint density at radius 3 is 2.41 bits per heavy atom. The Morgan fingerprint density at radius 1 is 1.36 bits per heavy atom. The number of amides is 1. The number of carbonyl (C=O) groups is 2. The van der Waals surface area contributed by atoms with Gasteiger partial charge in [-0.25, -0.2) is 0 Å². The lowest BCUT2D eigenvalue weighted by Crippen LogP contribution is -2.47. The molecular weight excluding hydrogens is 284 g/mol. The quantitative estimate of drug-likeness (QED) is 0.434. The van der Waals surface area contributed by atoms with Crippen LogP contribution in [0.3, 0.4) is 0 Å². The standard InChI is InChI=1S/C15H28N4O3/c1-5-17-14(18-10-15(2,3)13(16)21)19-8-6-11(7-9-19)12(20)22-4/h11H,5-10H2,1-4H3,(H2,16,21)(H,17,18). The van der Waals surface area contributed by atoms with E-state index in [1.54, 1.807) is 13.8 Å². The van der Waals surface area contributed by atoms with Crippen molar-refractivity contribution in [3.05, 3.63) is 0 Å². The van der Waals surface area contributed by atoms with Gasteiger partial charge < -0.3 is 20.7 Å². The highest BCUT2D eigenvalue weighted by Gasteiger charge is 2.28. The van der Waals surface area contributed by atoms with Gasteiger partial charge in [0, 0.05) is 19.6 Å². The first-order valence-electron chi connectivity index (χ1n) is 7.72. The number of methoxy groups -OCH3 is 1. The molecule has 0 aromatic carbocycles. The van der Waals surface area contributed by atoms with Crippen LogP contribution in [0.1, 0.15) is 33.6 Å². The van der Waals surface area contributed by atoms with E-state index in [4.69, 9.17) is 10.5 Å². The molecule has 0 atom stereocenters. The number of nitrogens with zero attached hydrogens (tertiary/aromatic N) is 2. The second kappa shape index (κ2) is 8.00. The fourth-order valence-electron chi connectivity index (χ4n) is 2.27. The lowest BCUT2D eigenvalue weighted by molar-refractivity contribution is -0.146. The maximum atomic E-state index is 11.6.